The van der Waals surface area contributed by atoms with Crippen molar-refractivity contribution in [2.75, 3.05) is 13.1 Å². The fraction of sp³-hybridized carbons (Fsp3) is 0.545. The van der Waals surface area contributed by atoms with Gasteiger partial charge in [0.1, 0.15) is 5.75 Å². The van der Waals surface area contributed by atoms with E-state index in [9.17, 15) is 5.11 Å². The molecule has 0 aromatic carbocycles. The van der Waals surface area contributed by atoms with Crippen molar-refractivity contribution < 1.29 is 5.11 Å². The summed E-state index contributed by atoms with van der Waals surface area (Å²) < 4.78 is 0. The summed E-state index contributed by atoms with van der Waals surface area (Å²) in [5.41, 5.74) is 0.847. The Morgan fingerprint density at radius 3 is 2.93 bits per heavy atom. The van der Waals surface area contributed by atoms with E-state index in [1.165, 1.54) is 12.8 Å². The summed E-state index contributed by atoms with van der Waals surface area (Å²) in [5, 5.41) is 12.9. The Kier molecular flexibility index (Phi) is 2.99. The fourth-order valence-corrected chi connectivity index (χ4v) is 1.95. The Labute approximate surface area is 84.2 Å². The Hall–Kier alpha value is -1.09. The normalized spacial score (nSPS) is 18.3. The van der Waals surface area contributed by atoms with Crippen LogP contribution in [0.1, 0.15) is 18.5 Å². The van der Waals surface area contributed by atoms with Crippen LogP contribution in [0.5, 0.6) is 5.75 Å². The number of piperidine rings is 1. The lowest BCUT2D eigenvalue weighted by molar-refractivity contribution is 0.363. The molecule has 1 aliphatic heterocycles. The molecule has 0 bridgehead atoms. The molecule has 0 amide bonds. The topological polar surface area (TPSA) is 45.2 Å². The van der Waals surface area contributed by atoms with Gasteiger partial charge in [0, 0.05) is 6.20 Å². The van der Waals surface area contributed by atoms with Crippen LogP contribution in [0.2, 0.25) is 0 Å². The zero-order valence-corrected chi connectivity index (χ0v) is 8.24. The highest BCUT2D eigenvalue weighted by atomic mass is 16.3. The Morgan fingerprint density at radius 1 is 1.43 bits per heavy atom. The van der Waals surface area contributed by atoms with Crippen LogP contribution in [0.3, 0.4) is 0 Å². The number of aromatic hydroxyl groups is 1. The Bertz CT molecular complexity index is 295. The summed E-state index contributed by atoms with van der Waals surface area (Å²) in [6.45, 7) is 2.19. The van der Waals surface area contributed by atoms with Gasteiger partial charge < -0.3 is 10.4 Å². The van der Waals surface area contributed by atoms with Crippen LogP contribution in [0.25, 0.3) is 0 Å². The molecule has 2 heterocycles. The van der Waals surface area contributed by atoms with Crippen LogP contribution in [-0.4, -0.2) is 23.2 Å². The minimum absolute atomic E-state index is 0.339. The van der Waals surface area contributed by atoms with Gasteiger partial charge in [-0.3, -0.25) is 4.98 Å². The zero-order chi connectivity index (χ0) is 9.80. The summed E-state index contributed by atoms with van der Waals surface area (Å²) in [6, 6.07) is 3.48. The molecule has 2 N–H and O–H groups in total. The standard InChI is InChI=1S/C11H16N2O/c14-11-2-1-5-13-10(11)8-9-3-6-12-7-4-9/h1-2,5,9,12,14H,3-4,6-8H2. The van der Waals surface area contributed by atoms with Gasteiger partial charge in [0.05, 0.1) is 5.69 Å². The molecule has 14 heavy (non-hydrogen) atoms. The smallest absolute Gasteiger partial charge is 0.137 e. The van der Waals surface area contributed by atoms with Gasteiger partial charge in [-0.05, 0) is 50.4 Å². The van der Waals surface area contributed by atoms with E-state index in [0.29, 0.717) is 11.7 Å². The lowest BCUT2D eigenvalue weighted by Crippen LogP contribution is -2.28. The van der Waals surface area contributed by atoms with Gasteiger partial charge in [-0.1, -0.05) is 0 Å². The molecular formula is C11H16N2O. The van der Waals surface area contributed by atoms with Gasteiger partial charge >= 0.3 is 0 Å². The molecular weight excluding hydrogens is 176 g/mol. The van der Waals surface area contributed by atoms with Gasteiger partial charge in [-0.25, -0.2) is 0 Å². The monoisotopic (exact) mass is 192 g/mol. The molecule has 0 saturated carbocycles. The van der Waals surface area contributed by atoms with Crippen molar-refractivity contribution in [2.45, 2.75) is 19.3 Å². The average Bonchev–Trinajstić information content (AvgIpc) is 2.23. The molecule has 3 nitrogen and oxygen atoms in total. The molecule has 1 aromatic rings. The second-order valence-corrected chi connectivity index (χ2v) is 3.87. The van der Waals surface area contributed by atoms with Crippen molar-refractivity contribution in [2.24, 2.45) is 5.92 Å². The summed E-state index contributed by atoms with van der Waals surface area (Å²) >= 11 is 0. The van der Waals surface area contributed by atoms with Gasteiger partial charge in [0.15, 0.2) is 0 Å². The van der Waals surface area contributed by atoms with E-state index < -0.39 is 0 Å². The Morgan fingerprint density at radius 2 is 2.21 bits per heavy atom. The minimum atomic E-state index is 0.339. The molecule has 1 aromatic heterocycles. The predicted molar refractivity (Wildman–Crippen MR) is 55.2 cm³/mol. The van der Waals surface area contributed by atoms with Crippen LogP contribution < -0.4 is 5.32 Å². The SMILES string of the molecule is Oc1cccnc1CC1CCNCC1. The Balaban J connectivity index is 1.99. The molecule has 0 atom stereocenters. The minimum Gasteiger partial charge on any atom is -0.506 e. The summed E-state index contributed by atoms with van der Waals surface area (Å²) in [6.07, 6.45) is 5.04. The van der Waals surface area contributed by atoms with Crippen molar-refractivity contribution in [3.63, 3.8) is 0 Å². The maximum Gasteiger partial charge on any atom is 0.137 e. The van der Waals surface area contributed by atoms with Crippen LogP contribution in [-0.2, 0) is 6.42 Å². The molecule has 2 rings (SSSR count). The molecule has 1 saturated heterocycles. The average molecular weight is 192 g/mol. The summed E-state index contributed by atoms with van der Waals surface area (Å²) in [5.74, 6) is 1.02. The number of nitrogens with one attached hydrogen (secondary N) is 1. The third-order valence-corrected chi connectivity index (χ3v) is 2.81. The third-order valence-electron chi connectivity index (χ3n) is 2.81. The van der Waals surface area contributed by atoms with Crippen LogP contribution in [0.15, 0.2) is 18.3 Å². The van der Waals surface area contributed by atoms with E-state index in [1.807, 2.05) is 0 Å². The van der Waals surface area contributed by atoms with E-state index in [-0.39, 0.29) is 0 Å². The van der Waals surface area contributed by atoms with Gasteiger partial charge in [0.25, 0.3) is 0 Å². The van der Waals surface area contributed by atoms with Crippen LogP contribution in [0.4, 0.5) is 0 Å². The quantitative estimate of drug-likeness (QED) is 0.743. The van der Waals surface area contributed by atoms with Crippen molar-refractivity contribution in [1.82, 2.24) is 10.3 Å². The van der Waals surface area contributed by atoms with E-state index in [4.69, 9.17) is 0 Å². The van der Waals surface area contributed by atoms with Gasteiger partial charge in [-0.2, -0.15) is 0 Å². The van der Waals surface area contributed by atoms with Crippen molar-refractivity contribution in [3.05, 3.63) is 24.0 Å². The highest BCUT2D eigenvalue weighted by molar-refractivity contribution is 5.25. The number of rotatable bonds is 2. The first-order chi connectivity index (χ1) is 6.86. The summed E-state index contributed by atoms with van der Waals surface area (Å²) in [4.78, 5) is 4.20. The number of hydrogen-bond acceptors (Lipinski definition) is 3. The molecule has 3 heteroatoms. The van der Waals surface area contributed by atoms with Gasteiger partial charge in [-0.15, -0.1) is 0 Å². The van der Waals surface area contributed by atoms with Crippen molar-refractivity contribution in [1.29, 1.82) is 0 Å². The number of aromatic nitrogens is 1. The van der Waals surface area contributed by atoms with Crippen LogP contribution >= 0.6 is 0 Å². The zero-order valence-electron chi connectivity index (χ0n) is 8.24. The second kappa shape index (κ2) is 4.42. The first kappa shape index (κ1) is 9.46. The molecule has 0 aliphatic carbocycles. The van der Waals surface area contributed by atoms with Crippen molar-refractivity contribution in [3.8, 4) is 5.75 Å². The molecule has 1 aliphatic rings. The first-order valence-electron chi connectivity index (χ1n) is 5.20. The first-order valence-corrected chi connectivity index (χ1v) is 5.20. The van der Waals surface area contributed by atoms with Crippen molar-refractivity contribution >= 4 is 0 Å². The molecule has 0 spiro atoms. The van der Waals surface area contributed by atoms with E-state index in [1.54, 1.807) is 18.3 Å². The highest BCUT2D eigenvalue weighted by Crippen LogP contribution is 2.21. The molecule has 0 radical (unpaired) electrons. The van der Waals surface area contributed by atoms with E-state index >= 15 is 0 Å². The molecule has 76 valence electrons. The maximum atomic E-state index is 9.56. The molecule has 1 fully saturated rings. The number of nitrogens with zero attached hydrogens (tertiary/aromatic N) is 1. The lowest BCUT2D eigenvalue weighted by Gasteiger charge is -2.22. The number of hydrogen-bond donors (Lipinski definition) is 2. The summed E-state index contributed by atoms with van der Waals surface area (Å²) in [7, 11) is 0. The second-order valence-electron chi connectivity index (χ2n) is 3.87. The largest absolute Gasteiger partial charge is 0.506 e. The van der Waals surface area contributed by atoms with Crippen LogP contribution in [0, 0.1) is 5.92 Å². The van der Waals surface area contributed by atoms with Gasteiger partial charge in [0.2, 0.25) is 0 Å². The lowest BCUT2D eigenvalue weighted by atomic mass is 9.93. The van der Waals surface area contributed by atoms with E-state index in [2.05, 4.69) is 10.3 Å². The molecule has 0 unspecified atom stereocenters. The third kappa shape index (κ3) is 2.23. The van der Waals surface area contributed by atoms with E-state index in [0.717, 1.165) is 25.2 Å². The fourth-order valence-electron chi connectivity index (χ4n) is 1.95. The highest BCUT2D eigenvalue weighted by Gasteiger charge is 2.15. The number of pyridine rings is 1. The predicted octanol–water partition coefficient (Wildman–Crippen LogP) is 1.33. The maximum absolute atomic E-state index is 9.56.